The summed E-state index contributed by atoms with van der Waals surface area (Å²) in [6.45, 7) is 10.4. The monoisotopic (exact) mass is 334 g/mol. The summed E-state index contributed by atoms with van der Waals surface area (Å²) < 4.78 is 0. The van der Waals surface area contributed by atoms with Crippen LogP contribution in [0.1, 0.15) is 62.0 Å². The Labute approximate surface area is 145 Å². The molecule has 1 aliphatic rings. The quantitative estimate of drug-likeness (QED) is 0.842. The number of rotatable bonds is 5. The fourth-order valence-corrected chi connectivity index (χ4v) is 2.54. The number of aryl methyl sites for hydroxylation is 1. The first-order valence-corrected chi connectivity index (χ1v) is 8.64. The van der Waals surface area contributed by atoms with E-state index in [2.05, 4.69) is 5.32 Å². The van der Waals surface area contributed by atoms with Gasteiger partial charge in [0, 0.05) is 25.6 Å². The molecule has 2 amide bonds. The van der Waals surface area contributed by atoms with Crippen molar-refractivity contribution < 1.29 is 14.4 Å². The normalized spacial score (nSPS) is 12.9. The number of nitrogens with one attached hydrogen (secondary N) is 1. The second-order valence-electron chi connectivity index (χ2n) is 4.97. The molecular formula is C19H30N2O3. The van der Waals surface area contributed by atoms with Gasteiger partial charge in [-0.1, -0.05) is 45.4 Å². The number of benzene rings is 1. The van der Waals surface area contributed by atoms with Crippen LogP contribution in [-0.4, -0.2) is 36.1 Å². The molecule has 134 valence electrons. The Kier molecular flexibility index (Phi) is 10.3. The SMILES string of the molecule is CC.CC.CNC(=O)C(CCC=O)N1Cc2cc(C)ccc2C1=O. The maximum absolute atomic E-state index is 12.4. The minimum atomic E-state index is -0.592. The number of nitrogens with zero attached hydrogens (tertiary/aromatic N) is 1. The molecule has 1 aromatic carbocycles. The highest BCUT2D eigenvalue weighted by Crippen LogP contribution is 2.26. The van der Waals surface area contributed by atoms with Crippen LogP contribution in [0.3, 0.4) is 0 Å². The van der Waals surface area contributed by atoms with E-state index in [0.717, 1.165) is 17.4 Å². The number of likely N-dealkylation sites (N-methyl/N-ethyl adjacent to an activating group) is 1. The van der Waals surface area contributed by atoms with E-state index in [-0.39, 0.29) is 18.2 Å². The molecule has 1 atom stereocenters. The summed E-state index contributed by atoms with van der Waals surface area (Å²) in [5.74, 6) is -0.371. The first-order valence-electron chi connectivity index (χ1n) is 8.64. The van der Waals surface area contributed by atoms with E-state index in [0.29, 0.717) is 18.5 Å². The van der Waals surface area contributed by atoms with Crippen molar-refractivity contribution in [3.8, 4) is 0 Å². The molecule has 0 saturated carbocycles. The largest absolute Gasteiger partial charge is 0.357 e. The van der Waals surface area contributed by atoms with Crippen LogP contribution in [0, 0.1) is 6.92 Å². The Morgan fingerprint density at radius 2 is 1.92 bits per heavy atom. The molecule has 5 heteroatoms. The fraction of sp³-hybridized carbons (Fsp3) is 0.526. The van der Waals surface area contributed by atoms with Gasteiger partial charge in [-0.2, -0.15) is 0 Å². The van der Waals surface area contributed by atoms with Crippen LogP contribution in [0.4, 0.5) is 0 Å². The molecule has 2 rings (SSSR count). The van der Waals surface area contributed by atoms with Crippen molar-refractivity contribution in [2.75, 3.05) is 7.05 Å². The topological polar surface area (TPSA) is 66.5 Å². The highest BCUT2D eigenvalue weighted by atomic mass is 16.2. The first-order chi connectivity index (χ1) is 11.6. The predicted molar refractivity (Wildman–Crippen MR) is 96.9 cm³/mol. The summed E-state index contributed by atoms with van der Waals surface area (Å²) in [5, 5.41) is 2.56. The van der Waals surface area contributed by atoms with Crippen molar-refractivity contribution >= 4 is 18.1 Å². The van der Waals surface area contributed by atoms with Crippen LogP contribution in [0.5, 0.6) is 0 Å². The summed E-state index contributed by atoms with van der Waals surface area (Å²) in [7, 11) is 1.54. The molecule has 1 aromatic rings. The number of carbonyl (C=O) groups is 3. The molecule has 24 heavy (non-hydrogen) atoms. The molecule has 0 radical (unpaired) electrons. The van der Waals surface area contributed by atoms with Gasteiger partial charge >= 0.3 is 0 Å². The van der Waals surface area contributed by atoms with Gasteiger partial charge in [0.25, 0.3) is 5.91 Å². The van der Waals surface area contributed by atoms with E-state index in [9.17, 15) is 14.4 Å². The smallest absolute Gasteiger partial charge is 0.255 e. The highest BCUT2D eigenvalue weighted by molar-refractivity contribution is 6.01. The molecule has 1 aliphatic heterocycles. The Hall–Kier alpha value is -2.17. The summed E-state index contributed by atoms with van der Waals surface area (Å²) >= 11 is 0. The molecule has 0 aliphatic carbocycles. The third kappa shape index (κ3) is 5.18. The molecule has 5 nitrogen and oxygen atoms in total. The second kappa shape index (κ2) is 11.4. The van der Waals surface area contributed by atoms with Crippen LogP contribution >= 0.6 is 0 Å². The Balaban J connectivity index is 0.00000123. The number of hydrogen-bond donors (Lipinski definition) is 1. The van der Waals surface area contributed by atoms with Gasteiger partial charge in [-0.15, -0.1) is 0 Å². The summed E-state index contributed by atoms with van der Waals surface area (Å²) in [6, 6.07) is 5.06. The highest BCUT2D eigenvalue weighted by Gasteiger charge is 2.35. The minimum absolute atomic E-state index is 0.139. The van der Waals surface area contributed by atoms with Gasteiger partial charge in [0.2, 0.25) is 5.91 Å². The van der Waals surface area contributed by atoms with Gasteiger partial charge in [-0.05, 0) is 25.0 Å². The van der Waals surface area contributed by atoms with Crippen molar-refractivity contribution in [3.05, 3.63) is 34.9 Å². The number of amides is 2. The molecule has 1 heterocycles. The van der Waals surface area contributed by atoms with Gasteiger partial charge in [-0.25, -0.2) is 0 Å². The lowest BCUT2D eigenvalue weighted by Crippen LogP contribution is -2.46. The maximum atomic E-state index is 12.4. The zero-order valence-electron chi connectivity index (χ0n) is 15.7. The fourth-order valence-electron chi connectivity index (χ4n) is 2.54. The van der Waals surface area contributed by atoms with Crippen LogP contribution in [0.15, 0.2) is 18.2 Å². The van der Waals surface area contributed by atoms with Crippen LogP contribution < -0.4 is 5.32 Å². The summed E-state index contributed by atoms with van der Waals surface area (Å²) in [4.78, 5) is 36.4. The van der Waals surface area contributed by atoms with Crippen molar-refractivity contribution in [3.63, 3.8) is 0 Å². The van der Waals surface area contributed by atoms with Crippen molar-refractivity contribution in [1.82, 2.24) is 10.2 Å². The predicted octanol–water partition coefficient (Wildman–Crippen LogP) is 3.10. The Bertz CT molecular complexity index is 556. The van der Waals surface area contributed by atoms with E-state index >= 15 is 0 Å². The summed E-state index contributed by atoms with van der Waals surface area (Å²) in [6.07, 6.45) is 1.38. The third-order valence-corrected chi connectivity index (χ3v) is 3.58. The molecule has 1 N–H and O–H groups in total. The number of hydrogen-bond acceptors (Lipinski definition) is 3. The Morgan fingerprint density at radius 3 is 2.46 bits per heavy atom. The van der Waals surface area contributed by atoms with Gasteiger partial charge in [-0.3, -0.25) is 9.59 Å². The lowest BCUT2D eigenvalue weighted by molar-refractivity contribution is -0.125. The molecular weight excluding hydrogens is 304 g/mol. The van der Waals surface area contributed by atoms with Gasteiger partial charge < -0.3 is 15.0 Å². The molecule has 0 fully saturated rings. The van der Waals surface area contributed by atoms with Crippen LogP contribution in [0.25, 0.3) is 0 Å². The van der Waals surface area contributed by atoms with Crippen molar-refractivity contribution in [2.24, 2.45) is 0 Å². The average molecular weight is 334 g/mol. The second-order valence-corrected chi connectivity index (χ2v) is 4.97. The number of carbonyl (C=O) groups excluding carboxylic acids is 3. The maximum Gasteiger partial charge on any atom is 0.255 e. The lowest BCUT2D eigenvalue weighted by Gasteiger charge is -2.25. The van der Waals surface area contributed by atoms with Gasteiger partial charge in [0.1, 0.15) is 12.3 Å². The van der Waals surface area contributed by atoms with Gasteiger partial charge in [0.05, 0.1) is 0 Å². The van der Waals surface area contributed by atoms with Crippen molar-refractivity contribution in [2.45, 2.75) is 60.0 Å². The van der Waals surface area contributed by atoms with Crippen LogP contribution in [0.2, 0.25) is 0 Å². The van der Waals surface area contributed by atoms with E-state index in [1.54, 1.807) is 11.0 Å². The minimum Gasteiger partial charge on any atom is -0.357 e. The van der Waals surface area contributed by atoms with Gasteiger partial charge in [0.15, 0.2) is 0 Å². The van der Waals surface area contributed by atoms with Crippen molar-refractivity contribution in [1.29, 1.82) is 0 Å². The molecule has 1 unspecified atom stereocenters. The Morgan fingerprint density at radius 1 is 1.29 bits per heavy atom. The number of aldehydes is 1. The first kappa shape index (κ1) is 21.8. The van der Waals surface area contributed by atoms with E-state index in [1.807, 2.05) is 46.8 Å². The number of fused-ring (bicyclic) bond motifs is 1. The molecule has 0 saturated heterocycles. The van der Waals surface area contributed by atoms with E-state index in [4.69, 9.17) is 0 Å². The van der Waals surface area contributed by atoms with Crippen LogP contribution in [-0.2, 0) is 16.1 Å². The van der Waals surface area contributed by atoms with E-state index < -0.39 is 6.04 Å². The lowest BCUT2D eigenvalue weighted by atomic mass is 10.1. The molecule has 0 bridgehead atoms. The standard InChI is InChI=1S/C15H18N2O3.2C2H6/c1-10-5-6-12-11(8-10)9-17(15(12)20)13(4-3-7-18)14(19)16-2;2*1-2/h5-8,13H,3-4,9H2,1-2H3,(H,16,19);2*1-2H3. The zero-order valence-corrected chi connectivity index (χ0v) is 15.7. The molecule has 0 aromatic heterocycles. The van der Waals surface area contributed by atoms with E-state index in [1.165, 1.54) is 7.05 Å². The molecule has 0 spiro atoms. The third-order valence-electron chi connectivity index (χ3n) is 3.58. The summed E-state index contributed by atoms with van der Waals surface area (Å²) in [5.41, 5.74) is 2.67. The zero-order chi connectivity index (χ0) is 18.7. The average Bonchev–Trinajstić information content (AvgIpc) is 2.94.